The van der Waals surface area contributed by atoms with Gasteiger partial charge < -0.3 is 10.1 Å². The van der Waals surface area contributed by atoms with E-state index in [2.05, 4.69) is 27.3 Å². The summed E-state index contributed by atoms with van der Waals surface area (Å²) in [6.07, 6.45) is 7.41. The number of ether oxygens (including phenoxy) is 1. The predicted octanol–water partition coefficient (Wildman–Crippen LogP) is 3.71. The number of nitrogens with one attached hydrogen (secondary N) is 1. The van der Waals surface area contributed by atoms with Gasteiger partial charge in [0, 0.05) is 4.32 Å². The second kappa shape index (κ2) is 6.82. The molecule has 4 aliphatic carbocycles. The molecule has 0 aromatic carbocycles. The first-order chi connectivity index (χ1) is 12.1. The highest BCUT2D eigenvalue weighted by molar-refractivity contribution is 9.10. The third-order valence-electron chi connectivity index (χ3n) is 6.78. The Labute approximate surface area is 164 Å². The van der Waals surface area contributed by atoms with E-state index in [0.717, 1.165) is 19.3 Å². The number of carbonyl (C=O) groups excluding carboxylic acids is 2. The zero-order valence-electron chi connectivity index (χ0n) is 15.9. The van der Waals surface area contributed by atoms with Gasteiger partial charge >= 0.3 is 5.97 Å². The summed E-state index contributed by atoms with van der Waals surface area (Å²) in [7, 11) is 0. The standard InChI is InChI=1S/C20H29BrN2O3/c1-13(2)18(3,12-22)23-16(24)10-26-17(25)9-19-5-14-4-15(6-19)8-20(21,7-14)11-19/h13-15H,4-11H2,1-3H3,(H,23,24)/t14-,15+,18-,19?,20?/m0/s1. The maximum Gasteiger partial charge on any atom is 0.306 e. The second-order valence-corrected chi connectivity index (χ2v) is 11.1. The van der Waals surface area contributed by atoms with Crippen LogP contribution in [0.3, 0.4) is 0 Å². The Morgan fingerprint density at radius 3 is 2.42 bits per heavy atom. The number of nitriles is 1. The topological polar surface area (TPSA) is 79.2 Å². The average Bonchev–Trinajstić information content (AvgIpc) is 2.49. The van der Waals surface area contributed by atoms with Crippen molar-refractivity contribution in [1.82, 2.24) is 5.32 Å². The van der Waals surface area contributed by atoms with Crippen LogP contribution in [0.2, 0.25) is 0 Å². The van der Waals surface area contributed by atoms with Crippen LogP contribution in [-0.4, -0.2) is 28.3 Å². The van der Waals surface area contributed by atoms with Crippen LogP contribution in [-0.2, 0) is 14.3 Å². The monoisotopic (exact) mass is 424 g/mol. The molecule has 1 amide bonds. The number of hydrogen-bond donors (Lipinski definition) is 1. The van der Waals surface area contributed by atoms with Crippen LogP contribution in [0.5, 0.6) is 0 Å². The molecule has 0 aliphatic heterocycles. The third-order valence-corrected chi connectivity index (χ3v) is 7.71. The number of nitrogens with zero attached hydrogens (tertiary/aromatic N) is 1. The van der Waals surface area contributed by atoms with Crippen molar-refractivity contribution < 1.29 is 14.3 Å². The lowest BCUT2D eigenvalue weighted by molar-refractivity contribution is -0.155. The molecule has 0 saturated heterocycles. The summed E-state index contributed by atoms with van der Waals surface area (Å²) in [5, 5.41) is 12.0. The first kappa shape index (κ1) is 19.7. The molecular formula is C20H29BrN2O3. The minimum atomic E-state index is -0.953. The molecule has 0 radical (unpaired) electrons. The lowest BCUT2D eigenvalue weighted by atomic mass is 9.49. The number of alkyl halides is 1. The smallest absolute Gasteiger partial charge is 0.306 e. The van der Waals surface area contributed by atoms with Gasteiger partial charge in [-0.2, -0.15) is 5.26 Å². The molecule has 4 saturated carbocycles. The van der Waals surface area contributed by atoms with Crippen molar-refractivity contribution in [2.75, 3.05) is 6.61 Å². The van der Waals surface area contributed by atoms with Crippen molar-refractivity contribution in [3.05, 3.63) is 0 Å². The molecule has 5 atom stereocenters. The van der Waals surface area contributed by atoms with Crippen LogP contribution in [0.15, 0.2) is 0 Å². The van der Waals surface area contributed by atoms with Crippen LogP contribution in [0.4, 0.5) is 0 Å². The van der Waals surface area contributed by atoms with E-state index in [1.807, 2.05) is 13.8 Å². The zero-order valence-corrected chi connectivity index (χ0v) is 17.5. The molecule has 4 aliphatic rings. The first-order valence-electron chi connectivity index (χ1n) is 9.64. The Balaban J connectivity index is 1.52. The van der Waals surface area contributed by atoms with Crippen molar-refractivity contribution in [2.24, 2.45) is 23.2 Å². The van der Waals surface area contributed by atoms with Gasteiger partial charge in [-0.25, -0.2) is 0 Å². The molecule has 144 valence electrons. The number of amides is 1. The van der Waals surface area contributed by atoms with E-state index in [-0.39, 0.29) is 28.2 Å². The van der Waals surface area contributed by atoms with Gasteiger partial charge in [0.25, 0.3) is 5.91 Å². The molecule has 5 nitrogen and oxygen atoms in total. The predicted molar refractivity (Wildman–Crippen MR) is 101 cm³/mol. The summed E-state index contributed by atoms with van der Waals surface area (Å²) >= 11 is 3.95. The van der Waals surface area contributed by atoms with Gasteiger partial charge in [-0.15, -0.1) is 0 Å². The summed E-state index contributed by atoms with van der Waals surface area (Å²) in [6, 6.07) is 2.13. The first-order valence-corrected chi connectivity index (χ1v) is 10.4. The highest BCUT2D eigenvalue weighted by atomic mass is 79.9. The molecule has 26 heavy (non-hydrogen) atoms. The largest absolute Gasteiger partial charge is 0.456 e. The maximum absolute atomic E-state index is 12.4. The Kier molecular flexibility index (Phi) is 5.16. The Bertz CT molecular complexity index is 627. The summed E-state index contributed by atoms with van der Waals surface area (Å²) < 4.78 is 5.48. The Morgan fingerprint density at radius 2 is 1.92 bits per heavy atom. The van der Waals surface area contributed by atoms with E-state index < -0.39 is 11.4 Å². The van der Waals surface area contributed by atoms with E-state index in [0.29, 0.717) is 18.3 Å². The summed E-state index contributed by atoms with van der Waals surface area (Å²) in [5.41, 5.74) is -0.911. The fourth-order valence-electron chi connectivity index (χ4n) is 5.67. The molecular weight excluding hydrogens is 396 g/mol. The number of hydrogen-bond acceptors (Lipinski definition) is 4. The van der Waals surface area contributed by atoms with Gasteiger partial charge in [-0.1, -0.05) is 29.8 Å². The van der Waals surface area contributed by atoms with Crippen molar-refractivity contribution in [3.63, 3.8) is 0 Å². The molecule has 1 N–H and O–H groups in total. The van der Waals surface area contributed by atoms with E-state index in [9.17, 15) is 14.9 Å². The summed E-state index contributed by atoms with van der Waals surface area (Å²) in [5.74, 6) is 0.692. The van der Waals surface area contributed by atoms with Crippen molar-refractivity contribution in [3.8, 4) is 6.07 Å². The van der Waals surface area contributed by atoms with Crippen LogP contribution >= 0.6 is 15.9 Å². The normalized spacial score (nSPS) is 37.1. The van der Waals surface area contributed by atoms with Crippen LogP contribution in [0, 0.1) is 34.5 Å². The van der Waals surface area contributed by atoms with Gasteiger partial charge in [-0.3, -0.25) is 9.59 Å². The molecule has 0 spiro atoms. The zero-order chi connectivity index (χ0) is 19.2. The molecule has 0 heterocycles. The van der Waals surface area contributed by atoms with E-state index in [1.165, 1.54) is 19.3 Å². The van der Waals surface area contributed by atoms with E-state index >= 15 is 0 Å². The molecule has 4 fully saturated rings. The Morgan fingerprint density at radius 1 is 1.31 bits per heavy atom. The fraction of sp³-hybridized carbons (Fsp3) is 0.850. The minimum absolute atomic E-state index is 0.0331. The number of esters is 1. The molecule has 0 aromatic rings. The SMILES string of the molecule is CC(C)[C@](C)(C#N)NC(=O)COC(=O)CC12C[C@@H]3C[C@@H](CC(Br)(C3)C1)C2. The third kappa shape index (κ3) is 3.93. The summed E-state index contributed by atoms with van der Waals surface area (Å²) in [6.45, 7) is 5.12. The molecule has 2 unspecified atom stereocenters. The van der Waals surface area contributed by atoms with Gasteiger partial charge in [0.2, 0.25) is 0 Å². The summed E-state index contributed by atoms with van der Waals surface area (Å²) in [4.78, 5) is 24.5. The molecule has 6 heteroatoms. The highest BCUT2D eigenvalue weighted by Crippen LogP contribution is 2.65. The molecule has 0 aromatic heterocycles. The van der Waals surface area contributed by atoms with Gasteiger partial charge in [0.05, 0.1) is 12.5 Å². The molecule has 4 bridgehead atoms. The van der Waals surface area contributed by atoms with Gasteiger partial charge in [0.15, 0.2) is 6.61 Å². The number of carbonyl (C=O) groups is 2. The van der Waals surface area contributed by atoms with Crippen molar-refractivity contribution >= 4 is 27.8 Å². The van der Waals surface area contributed by atoms with Crippen LogP contribution in [0.1, 0.15) is 65.7 Å². The van der Waals surface area contributed by atoms with E-state index in [1.54, 1.807) is 6.92 Å². The van der Waals surface area contributed by atoms with Gasteiger partial charge in [-0.05, 0) is 68.6 Å². The molecule has 4 rings (SSSR count). The lowest BCUT2D eigenvalue weighted by Crippen LogP contribution is -2.53. The average molecular weight is 425 g/mol. The van der Waals surface area contributed by atoms with E-state index in [4.69, 9.17) is 4.74 Å². The lowest BCUT2D eigenvalue weighted by Gasteiger charge is -2.60. The quantitative estimate of drug-likeness (QED) is 0.520. The Hall–Kier alpha value is -1.09. The van der Waals surface area contributed by atoms with Crippen molar-refractivity contribution in [1.29, 1.82) is 5.26 Å². The van der Waals surface area contributed by atoms with Crippen molar-refractivity contribution in [2.45, 2.75) is 75.6 Å². The fourth-order valence-corrected chi connectivity index (χ4v) is 7.18. The second-order valence-electron chi connectivity index (χ2n) is 9.47. The van der Waals surface area contributed by atoms with Crippen LogP contribution in [0.25, 0.3) is 0 Å². The number of rotatable bonds is 6. The minimum Gasteiger partial charge on any atom is -0.456 e. The maximum atomic E-state index is 12.4. The number of halogens is 1. The van der Waals surface area contributed by atoms with Crippen LogP contribution < -0.4 is 5.32 Å². The highest BCUT2D eigenvalue weighted by Gasteiger charge is 2.57. The van der Waals surface area contributed by atoms with Gasteiger partial charge in [0.1, 0.15) is 5.54 Å².